The van der Waals surface area contributed by atoms with E-state index in [1.54, 1.807) is 12.4 Å². The quantitative estimate of drug-likeness (QED) is 0.146. The Balaban J connectivity index is 0.000000154. The molecule has 0 aliphatic heterocycles. The molecule has 0 amide bonds. The molecule has 9 heteroatoms. The molecule has 0 bridgehead atoms. The van der Waals surface area contributed by atoms with Crippen LogP contribution >= 0.6 is 0 Å². The number of pyridine rings is 4. The summed E-state index contributed by atoms with van der Waals surface area (Å²) in [5.41, 5.74) is 18.5. The fourth-order valence-corrected chi connectivity index (χ4v) is 5.86. The van der Waals surface area contributed by atoms with Crippen LogP contribution in [0.3, 0.4) is 0 Å². The minimum absolute atomic E-state index is 0.00159. The van der Waals surface area contributed by atoms with Crippen LogP contribution in [0.25, 0.3) is 56.1 Å². The highest BCUT2D eigenvalue weighted by Crippen LogP contribution is 2.33. The van der Waals surface area contributed by atoms with Crippen molar-refractivity contribution in [2.45, 2.75) is 13.8 Å². The number of rotatable bonds is 5. The molecule has 0 radical (unpaired) electrons. The summed E-state index contributed by atoms with van der Waals surface area (Å²) < 4.78 is 3.66. The number of imidazole rings is 2. The molecule has 8 rings (SSSR count). The van der Waals surface area contributed by atoms with Gasteiger partial charge in [-0.05, 0) is 84.6 Å². The van der Waals surface area contributed by atoms with Crippen LogP contribution in [0.1, 0.15) is 22.8 Å². The third-order valence-electron chi connectivity index (χ3n) is 8.21. The lowest BCUT2D eigenvalue weighted by Gasteiger charge is -2.11. The maximum absolute atomic E-state index is 9.23. The number of nitrogens with two attached hydrogens (primary N) is 1. The van der Waals surface area contributed by atoms with Crippen LogP contribution in [0, 0.1) is 30.6 Å². The average Bonchev–Trinajstić information content (AvgIpc) is 3.75. The lowest BCUT2D eigenvalue weighted by atomic mass is 9.98. The van der Waals surface area contributed by atoms with Gasteiger partial charge in [-0.25, -0.2) is 9.97 Å². The molecule has 0 aliphatic rings. The first-order valence-electron chi connectivity index (χ1n) is 15.6. The lowest BCUT2D eigenvalue weighted by Crippen LogP contribution is -2.13. The van der Waals surface area contributed by atoms with E-state index < -0.39 is 0 Å². The van der Waals surface area contributed by atoms with Crippen molar-refractivity contribution in [1.82, 2.24) is 28.7 Å². The topological polar surface area (TPSA) is 134 Å². The number of nitrogen functional groups attached to an aromatic ring is 1. The van der Waals surface area contributed by atoms with Crippen molar-refractivity contribution >= 4 is 17.1 Å². The van der Waals surface area contributed by atoms with Gasteiger partial charge in [-0.2, -0.15) is 5.26 Å². The van der Waals surface area contributed by atoms with Crippen LogP contribution in [-0.4, -0.2) is 34.6 Å². The Hall–Kier alpha value is -6.92. The molecule has 6 aromatic heterocycles. The summed E-state index contributed by atoms with van der Waals surface area (Å²) in [4.78, 5) is 17.8. The number of amidine groups is 1. The molecule has 8 aromatic rings. The molecule has 0 unspecified atom stereocenters. The molecule has 0 fully saturated rings. The van der Waals surface area contributed by atoms with Crippen LogP contribution in [-0.2, 0) is 0 Å². The van der Waals surface area contributed by atoms with E-state index in [1.165, 1.54) is 0 Å². The normalized spacial score (nSPS) is 10.8. The maximum Gasteiger partial charge on any atom is 0.144 e. The van der Waals surface area contributed by atoms with E-state index in [0.717, 1.165) is 67.5 Å². The number of hydrogen-bond acceptors (Lipinski definition) is 6. The van der Waals surface area contributed by atoms with E-state index >= 15 is 0 Å². The van der Waals surface area contributed by atoms with Crippen molar-refractivity contribution in [2.24, 2.45) is 5.73 Å². The van der Waals surface area contributed by atoms with Crippen LogP contribution < -0.4 is 5.73 Å². The first-order chi connectivity index (χ1) is 23.9. The van der Waals surface area contributed by atoms with Crippen molar-refractivity contribution in [3.05, 3.63) is 157 Å². The Morgan fingerprint density at radius 1 is 0.612 bits per heavy atom. The molecule has 236 valence electrons. The fraction of sp³-hybridized carbons (Fsp3) is 0.0500. The SMILES string of the molecule is Cc1cccc(-c2ccccc2-c2ccc3ncc(C#N)n3c2)n1.Cc1cccc(-c2ccccc2-c2ccc3ncc(C(=N)N)n3c2)n1. The molecule has 49 heavy (non-hydrogen) atoms. The predicted octanol–water partition coefficient (Wildman–Crippen LogP) is 7.90. The second kappa shape index (κ2) is 13.1. The molecule has 0 saturated heterocycles. The number of hydrogen-bond donors (Lipinski definition) is 2. The van der Waals surface area contributed by atoms with Crippen LogP contribution in [0.15, 0.2) is 134 Å². The van der Waals surface area contributed by atoms with Crippen LogP contribution in [0.4, 0.5) is 0 Å². The van der Waals surface area contributed by atoms with Gasteiger partial charge in [0.05, 0.1) is 23.8 Å². The van der Waals surface area contributed by atoms with Gasteiger partial charge in [0.2, 0.25) is 0 Å². The Bertz CT molecular complexity index is 2530. The highest BCUT2D eigenvalue weighted by molar-refractivity contribution is 5.94. The highest BCUT2D eigenvalue weighted by atomic mass is 15.0. The Morgan fingerprint density at radius 2 is 1.10 bits per heavy atom. The summed E-state index contributed by atoms with van der Waals surface area (Å²) in [6.07, 6.45) is 7.13. The first-order valence-corrected chi connectivity index (χ1v) is 15.6. The van der Waals surface area contributed by atoms with Crippen molar-refractivity contribution < 1.29 is 0 Å². The minimum Gasteiger partial charge on any atom is -0.382 e. The Labute approximate surface area is 283 Å². The number of nitrogens with one attached hydrogen (secondary N) is 1. The number of nitrogens with zero attached hydrogens (tertiary/aromatic N) is 7. The average molecular weight is 638 g/mol. The van der Waals surface area contributed by atoms with Gasteiger partial charge in [-0.1, -0.05) is 60.7 Å². The van der Waals surface area contributed by atoms with Crippen LogP contribution in [0.2, 0.25) is 0 Å². The second-order valence-corrected chi connectivity index (χ2v) is 11.5. The van der Waals surface area contributed by atoms with E-state index in [-0.39, 0.29) is 5.84 Å². The molecule has 9 nitrogen and oxygen atoms in total. The minimum atomic E-state index is -0.00159. The van der Waals surface area contributed by atoms with E-state index in [2.05, 4.69) is 50.3 Å². The number of aromatic nitrogens is 6. The van der Waals surface area contributed by atoms with E-state index in [9.17, 15) is 5.26 Å². The van der Waals surface area contributed by atoms with E-state index in [0.29, 0.717) is 11.4 Å². The van der Waals surface area contributed by atoms with E-state index in [4.69, 9.17) is 11.1 Å². The maximum atomic E-state index is 9.23. The number of aryl methyl sites for hydroxylation is 2. The van der Waals surface area contributed by atoms with Gasteiger partial charge in [-0.15, -0.1) is 0 Å². The molecular weight excluding hydrogens is 607 g/mol. The highest BCUT2D eigenvalue weighted by Gasteiger charge is 2.13. The second-order valence-electron chi connectivity index (χ2n) is 11.5. The van der Waals surface area contributed by atoms with E-state index in [1.807, 2.05) is 120 Å². The van der Waals surface area contributed by atoms with Gasteiger partial charge in [0.15, 0.2) is 0 Å². The lowest BCUT2D eigenvalue weighted by molar-refractivity contribution is 1.15. The summed E-state index contributed by atoms with van der Waals surface area (Å²) in [6, 6.07) is 38.5. The zero-order valence-corrected chi connectivity index (χ0v) is 26.9. The number of fused-ring (bicyclic) bond motifs is 2. The van der Waals surface area contributed by atoms with Gasteiger partial charge in [0, 0.05) is 34.9 Å². The molecule has 0 spiro atoms. The Morgan fingerprint density at radius 3 is 1.61 bits per heavy atom. The zero-order valence-electron chi connectivity index (χ0n) is 26.9. The van der Waals surface area contributed by atoms with Crippen molar-refractivity contribution in [3.8, 4) is 50.8 Å². The first kappa shape index (κ1) is 30.7. The zero-order chi connectivity index (χ0) is 33.9. The van der Waals surface area contributed by atoms with Crippen molar-refractivity contribution in [2.75, 3.05) is 0 Å². The third-order valence-corrected chi connectivity index (χ3v) is 8.21. The molecule has 3 N–H and O–H groups in total. The van der Waals surface area contributed by atoms with Gasteiger partial charge in [0.25, 0.3) is 0 Å². The third kappa shape index (κ3) is 6.14. The number of nitriles is 1. The largest absolute Gasteiger partial charge is 0.382 e. The van der Waals surface area contributed by atoms with Crippen molar-refractivity contribution in [3.63, 3.8) is 0 Å². The molecule has 2 aromatic carbocycles. The summed E-state index contributed by atoms with van der Waals surface area (Å²) in [5.74, 6) is -0.00159. The number of benzene rings is 2. The fourth-order valence-electron chi connectivity index (χ4n) is 5.86. The smallest absolute Gasteiger partial charge is 0.144 e. The summed E-state index contributed by atoms with van der Waals surface area (Å²) >= 11 is 0. The van der Waals surface area contributed by atoms with Gasteiger partial charge >= 0.3 is 0 Å². The molecule has 0 aliphatic carbocycles. The monoisotopic (exact) mass is 637 g/mol. The molecular formula is C40H31N9. The van der Waals surface area contributed by atoms with Gasteiger partial charge in [0.1, 0.15) is 34.6 Å². The van der Waals surface area contributed by atoms with Crippen LogP contribution in [0.5, 0.6) is 0 Å². The summed E-state index contributed by atoms with van der Waals surface area (Å²) in [5, 5.41) is 16.9. The van der Waals surface area contributed by atoms with Crippen molar-refractivity contribution in [1.29, 1.82) is 10.7 Å². The summed E-state index contributed by atoms with van der Waals surface area (Å²) in [7, 11) is 0. The van der Waals surface area contributed by atoms with Gasteiger partial charge < -0.3 is 5.73 Å². The molecule has 0 saturated carbocycles. The Kier molecular flexibility index (Phi) is 8.19. The van der Waals surface area contributed by atoms with Gasteiger partial charge in [-0.3, -0.25) is 24.2 Å². The molecule has 6 heterocycles. The molecule has 0 atom stereocenters. The predicted molar refractivity (Wildman–Crippen MR) is 193 cm³/mol. The standard InChI is InChI=1S/C20H17N5.C20H14N4/c1-13-5-4-8-17(24-13)16-7-3-2-6-15(16)14-9-10-19-23-11-18(20(21)22)25(19)12-14;1-14-5-4-8-19(23-14)18-7-3-2-6-17(18)15-9-10-20-22-12-16(11-21)24(20)13-15/h2-12H,1H3,(H3,21,22);2-10,12-13H,1H3. The summed E-state index contributed by atoms with van der Waals surface area (Å²) in [6.45, 7) is 3.98.